The first-order valence-corrected chi connectivity index (χ1v) is 11.5. The Morgan fingerprint density at radius 1 is 1.12 bits per heavy atom. The highest BCUT2D eigenvalue weighted by Gasteiger charge is 2.16. The van der Waals surface area contributed by atoms with E-state index in [1.54, 1.807) is 13.1 Å². The summed E-state index contributed by atoms with van der Waals surface area (Å²) < 4.78 is 11.9. The molecule has 0 spiro atoms. The SMILES string of the molecule is CC(C)CN1CCOCCOc2ccc(C(=O)N(C)CCO)cc2Cc2cccc(c2)C1. The summed E-state index contributed by atoms with van der Waals surface area (Å²) in [5.74, 6) is 1.26. The fourth-order valence-electron chi connectivity index (χ4n) is 4.04. The number of ether oxygens (including phenoxy) is 2. The van der Waals surface area contributed by atoms with Crippen molar-refractivity contribution in [3.8, 4) is 5.75 Å². The highest BCUT2D eigenvalue weighted by atomic mass is 16.5. The third-order valence-electron chi connectivity index (χ3n) is 5.54. The molecular weight excluding hydrogens is 404 g/mol. The summed E-state index contributed by atoms with van der Waals surface area (Å²) in [7, 11) is 1.70. The lowest BCUT2D eigenvalue weighted by atomic mass is 9.99. The van der Waals surface area contributed by atoms with Gasteiger partial charge in [-0.3, -0.25) is 9.69 Å². The van der Waals surface area contributed by atoms with Crippen molar-refractivity contribution in [2.45, 2.75) is 26.8 Å². The molecule has 0 saturated heterocycles. The van der Waals surface area contributed by atoms with Crippen molar-refractivity contribution in [1.82, 2.24) is 9.80 Å². The smallest absolute Gasteiger partial charge is 0.253 e. The Morgan fingerprint density at radius 3 is 2.72 bits per heavy atom. The number of aliphatic hydroxyl groups is 1. The average Bonchev–Trinajstić information content (AvgIpc) is 2.75. The monoisotopic (exact) mass is 440 g/mol. The minimum Gasteiger partial charge on any atom is -0.491 e. The lowest BCUT2D eigenvalue weighted by Crippen LogP contribution is -2.31. The quantitative estimate of drug-likeness (QED) is 0.774. The van der Waals surface area contributed by atoms with Gasteiger partial charge in [0, 0.05) is 45.2 Å². The van der Waals surface area contributed by atoms with Gasteiger partial charge in [-0.25, -0.2) is 0 Å². The van der Waals surface area contributed by atoms with Crippen molar-refractivity contribution in [3.63, 3.8) is 0 Å². The van der Waals surface area contributed by atoms with E-state index in [-0.39, 0.29) is 12.5 Å². The van der Waals surface area contributed by atoms with E-state index in [0.29, 0.717) is 44.3 Å². The lowest BCUT2D eigenvalue weighted by molar-refractivity contribution is 0.0744. The number of nitrogens with zero attached hydrogens (tertiary/aromatic N) is 2. The number of amides is 1. The summed E-state index contributed by atoms with van der Waals surface area (Å²) in [5.41, 5.74) is 4.04. The fourth-order valence-corrected chi connectivity index (χ4v) is 4.04. The van der Waals surface area contributed by atoms with Gasteiger partial charge in [-0.15, -0.1) is 0 Å². The maximum atomic E-state index is 12.7. The van der Waals surface area contributed by atoms with Gasteiger partial charge in [0.05, 0.1) is 19.8 Å². The molecule has 1 aliphatic heterocycles. The summed E-state index contributed by atoms with van der Waals surface area (Å²) in [4.78, 5) is 16.7. The number of aliphatic hydroxyl groups excluding tert-OH is 1. The third-order valence-corrected chi connectivity index (χ3v) is 5.54. The molecule has 0 aromatic heterocycles. The molecule has 6 heteroatoms. The van der Waals surface area contributed by atoms with Crippen LogP contribution < -0.4 is 4.74 Å². The van der Waals surface area contributed by atoms with Crippen molar-refractivity contribution in [2.24, 2.45) is 5.92 Å². The first-order valence-electron chi connectivity index (χ1n) is 11.5. The summed E-state index contributed by atoms with van der Waals surface area (Å²) in [6, 6.07) is 14.2. The number of likely N-dealkylation sites (N-methyl/N-ethyl adjacent to an activating group) is 1. The van der Waals surface area contributed by atoms with Crippen LogP contribution in [-0.2, 0) is 17.7 Å². The van der Waals surface area contributed by atoms with E-state index in [4.69, 9.17) is 14.6 Å². The molecule has 0 radical (unpaired) electrons. The molecule has 0 unspecified atom stereocenters. The van der Waals surface area contributed by atoms with Gasteiger partial charge in [-0.2, -0.15) is 0 Å². The second-order valence-corrected chi connectivity index (χ2v) is 8.86. The van der Waals surface area contributed by atoms with E-state index in [2.05, 4.69) is 43.0 Å². The van der Waals surface area contributed by atoms with Crippen LogP contribution in [0, 0.1) is 5.92 Å². The van der Waals surface area contributed by atoms with Gasteiger partial charge in [0.25, 0.3) is 5.91 Å². The van der Waals surface area contributed by atoms with Gasteiger partial charge in [-0.05, 0) is 40.8 Å². The maximum Gasteiger partial charge on any atom is 0.253 e. The molecule has 2 aromatic carbocycles. The topological polar surface area (TPSA) is 62.2 Å². The van der Waals surface area contributed by atoms with Crippen molar-refractivity contribution in [1.29, 1.82) is 0 Å². The van der Waals surface area contributed by atoms with Gasteiger partial charge in [-0.1, -0.05) is 38.1 Å². The Bertz CT molecular complexity index is 884. The van der Waals surface area contributed by atoms with Gasteiger partial charge in [0.15, 0.2) is 0 Å². The van der Waals surface area contributed by atoms with Crippen LogP contribution >= 0.6 is 0 Å². The minimum absolute atomic E-state index is 0.0586. The number of rotatable bonds is 5. The Hall–Kier alpha value is -2.41. The number of benzene rings is 2. The molecular formula is C26H36N2O4. The van der Waals surface area contributed by atoms with Crippen LogP contribution in [0.25, 0.3) is 0 Å². The van der Waals surface area contributed by atoms with E-state index in [9.17, 15) is 4.79 Å². The zero-order valence-electron chi connectivity index (χ0n) is 19.5. The average molecular weight is 441 g/mol. The lowest BCUT2D eigenvalue weighted by Gasteiger charge is -2.25. The second kappa shape index (κ2) is 12.0. The fraction of sp³-hybridized carbons (Fsp3) is 0.500. The molecule has 174 valence electrons. The molecule has 3 rings (SSSR count). The van der Waals surface area contributed by atoms with Crippen LogP contribution in [0.3, 0.4) is 0 Å². The van der Waals surface area contributed by atoms with Gasteiger partial charge in [0.2, 0.25) is 0 Å². The zero-order valence-corrected chi connectivity index (χ0v) is 19.5. The Balaban J connectivity index is 1.89. The van der Waals surface area contributed by atoms with Crippen LogP contribution in [0.4, 0.5) is 0 Å². The predicted molar refractivity (Wildman–Crippen MR) is 126 cm³/mol. The number of fused-ring (bicyclic) bond motifs is 3. The summed E-state index contributed by atoms with van der Waals surface area (Å²) in [6.07, 6.45) is 0.680. The molecule has 2 aromatic rings. The first-order chi connectivity index (χ1) is 15.5. The number of hydrogen-bond acceptors (Lipinski definition) is 5. The van der Waals surface area contributed by atoms with E-state index < -0.39 is 0 Å². The molecule has 1 aliphatic rings. The molecule has 6 nitrogen and oxygen atoms in total. The first kappa shape index (κ1) is 24.2. The normalized spacial score (nSPS) is 15.5. The standard InChI is InChI=1S/C26H36N2O4/c1-20(2)18-28-10-12-31-13-14-32-25-8-7-23(26(30)27(3)9-11-29)17-24(25)16-21-5-4-6-22(15-21)19-28/h4-8,15,17,20,29H,9-14,16,18-19H2,1-3H3. The molecule has 1 amide bonds. The molecule has 0 fully saturated rings. The number of carbonyl (C=O) groups excluding carboxylic acids is 1. The predicted octanol–water partition coefficient (Wildman–Crippen LogP) is 3.21. The summed E-state index contributed by atoms with van der Waals surface area (Å²) in [6.45, 7) is 9.21. The molecule has 1 heterocycles. The molecule has 0 atom stereocenters. The van der Waals surface area contributed by atoms with Crippen LogP contribution in [0.5, 0.6) is 5.75 Å². The van der Waals surface area contributed by atoms with Crippen molar-refractivity contribution < 1.29 is 19.4 Å². The number of hydrogen-bond donors (Lipinski definition) is 1. The molecule has 32 heavy (non-hydrogen) atoms. The van der Waals surface area contributed by atoms with Gasteiger partial charge in [0.1, 0.15) is 12.4 Å². The maximum absolute atomic E-state index is 12.7. The summed E-state index contributed by atoms with van der Waals surface area (Å²) >= 11 is 0. The zero-order chi connectivity index (χ0) is 22.9. The van der Waals surface area contributed by atoms with Crippen LogP contribution in [-0.4, -0.2) is 73.9 Å². The summed E-state index contributed by atoms with van der Waals surface area (Å²) in [5, 5.41) is 9.16. The highest BCUT2D eigenvalue weighted by molar-refractivity contribution is 5.94. The van der Waals surface area contributed by atoms with E-state index in [1.807, 2.05) is 12.1 Å². The molecule has 0 saturated carbocycles. The Morgan fingerprint density at radius 2 is 1.94 bits per heavy atom. The van der Waals surface area contributed by atoms with Gasteiger partial charge < -0.3 is 19.5 Å². The molecule has 1 N–H and O–H groups in total. The second-order valence-electron chi connectivity index (χ2n) is 8.86. The Kier molecular flexibility index (Phi) is 9.09. The van der Waals surface area contributed by atoms with E-state index >= 15 is 0 Å². The minimum atomic E-state index is -0.109. The molecule has 0 aliphatic carbocycles. The molecule has 2 bridgehead atoms. The van der Waals surface area contributed by atoms with E-state index in [1.165, 1.54) is 16.0 Å². The van der Waals surface area contributed by atoms with Crippen molar-refractivity contribution in [2.75, 3.05) is 53.1 Å². The van der Waals surface area contributed by atoms with Crippen molar-refractivity contribution in [3.05, 3.63) is 64.7 Å². The van der Waals surface area contributed by atoms with Gasteiger partial charge >= 0.3 is 0 Å². The highest BCUT2D eigenvalue weighted by Crippen LogP contribution is 2.25. The number of carbonyl (C=O) groups is 1. The third kappa shape index (κ3) is 7.05. The van der Waals surface area contributed by atoms with Crippen LogP contribution in [0.1, 0.15) is 40.9 Å². The van der Waals surface area contributed by atoms with E-state index in [0.717, 1.165) is 30.9 Å². The van der Waals surface area contributed by atoms with Crippen LogP contribution in [0.15, 0.2) is 42.5 Å². The largest absolute Gasteiger partial charge is 0.491 e. The van der Waals surface area contributed by atoms with Crippen LogP contribution in [0.2, 0.25) is 0 Å². The Labute approximate surface area is 191 Å². The van der Waals surface area contributed by atoms with Crippen molar-refractivity contribution >= 4 is 5.91 Å².